The van der Waals surface area contributed by atoms with Gasteiger partial charge in [0.05, 0.1) is 5.50 Å². The van der Waals surface area contributed by atoms with Gasteiger partial charge in [-0.25, -0.2) is 4.79 Å². The zero-order valence-electron chi connectivity index (χ0n) is 14.2. The number of phenolic OH excluding ortho intramolecular Hbond substituents is 1. The Hall–Kier alpha value is -2.24. The number of aromatic hydroxyl groups is 1. The Morgan fingerprint density at radius 3 is 2.36 bits per heavy atom. The van der Waals surface area contributed by atoms with Crippen LogP contribution in [0.4, 0.5) is 0 Å². The third-order valence-corrected chi connectivity index (χ3v) is 3.39. The number of carboxylic acid groups (broad SMARTS) is 1. The molecule has 5 nitrogen and oxygen atoms in total. The maximum atomic E-state index is 10.2. The van der Waals surface area contributed by atoms with Gasteiger partial charge in [-0.2, -0.15) is 0 Å². The molecule has 25 heavy (non-hydrogen) atoms. The molecule has 0 saturated heterocycles. The SMILES string of the molecule is CCCc1ccc(OCC(=O)O)cc1.NC(Cl)Cc1ccccc1O. The minimum atomic E-state index is -0.956. The van der Waals surface area contributed by atoms with Crippen molar-refractivity contribution >= 4 is 17.6 Å². The third-order valence-electron chi connectivity index (χ3n) is 3.23. The Kier molecular flexibility index (Phi) is 9.43. The number of ether oxygens (including phenoxy) is 1. The van der Waals surface area contributed by atoms with Gasteiger partial charge in [-0.15, -0.1) is 11.6 Å². The Balaban J connectivity index is 0.000000257. The van der Waals surface area contributed by atoms with Gasteiger partial charge in [0.25, 0.3) is 0 Å². The number of carboxylic acids is 1. The molecule has 6 heteroatoms. The van der Waals surface area contributed by atoms with E-state index in [9.17, 15) is 9.90 Å². The van der Waals surface area contributed by atoms with Gasteiger partial charge in [0, 0.05) is 6.42 Å². The van der Waals surface area contributed by atoms with E-state index in [1.807, 2.05) is 18.2 Å². The molecule has 0 aliphatic heterocycles. The van der Waals surface area contributed by atoms with Gasteiger partial charge in [0.15, 0.2) is 6.61 Å². The molecule has 1 unspecified atom stereocenters. The van der Waals surface area contributed by atoms with Gasteiger partial charge in [-0.05, 0) is 35.7 Å². The molecular formula is C19H24ClNO4. The first-order valence-corrected chi connectivity index (χ1v) is 8.46. The number of benzene rings is 2. The van der Waals surface area contributed by atoms with E-state index in [1.165, 1.54) is 5.56 Å². The molecule has 0 aliphatic rings. The minimum absolute atomic E-state index is 0.253. The van der Waals surface area contributed by atoms with Crippen LogP contribution in [-0.2, 0) is 17.6 Å². The number of hydrogen-bond acceptors (Lipinski definition) is 4. The first-order chi connectivity index (χ1) is 11.9. The van der Waals surface area contributed by atoms with Crippen LogP contribution >= 0.6 is 11.6 Å². The lowest BCUT2D eigenvalue weighted by molar-refractivity contribution is -0.139. The molecule has 0 fully saturated rings. The van der Waals surface area contributed by atoms with Crippen LogP contribution in [0.5, 0.6) is 11.5 Å². The Morgan fingerprint density at radius 2 is 1.84 bits per heavy atom. The molecule has 0 amide bonds. The van der Waals surface area contributed by atoms with E-state index < -0.39 is 11.5 Å². The first-order valence-electron chi connectivity index (χ1n) is 8.02. The lowest BCUT2D eigenvalue weighted by Gasteiger charge is -2.04. The molecule has 0 bridgehead atoms. The van der Waals surface area contributed by atoms with Crippen LogP contribution in [-0.4, -0.2) is 28.3 Å². The molecular weight excluding hydrogens is 342 g/mol. The van der Waals surface area contributed by atoms with Crippen molar-refractivity contribution in [2.24, 2.45) is 5.73 Å². The summed E-state index contributed by atoms with van der Waals surface area (Å²) >= 11 is 5.55. The third kappa shape index (κ3) is 8.98. The van der Waals surface area contributed by atoms with E-state index in [0.717, 1.165) is 18.4 Å². The molecule has 0 aliphatic carbocycles. The fourth-order valence-corrected chi connectivity index (χ4v) is 2.25. The second kappa shape index (κ2) is 11.3. The predicted molar refractivity (Wildman–Crippen MR) is 99.2 cm³/mol. The fraction of sp³-hybridized carbons (Fsp3) is 0.316. The average molecular weight is 366 g/mol. The molecule has 2 rings (SSSR count). The Labute approximate surface area is 153 Å². The number of nitrogens with two attached hydrogens (primary N) is 1. The van der Waals surface area contributed by atoms with Crippen molar-refractivity contribution < 1.29 is 19.7 Å². The normalized spacial score (nSPS) is 11.2. The summed E-state index contributed by atoms with van der Waals surface area (Å²) in [5.74, 6) is -0.0986. The summed E-state index contributed by atoms with van der Waals surface area (Å²) in [6.45, 7) is 1.84. The molecule has 0 spiro atoms. The number of phenols is 1. The monoisotopic (exact) mass is 365 g/mol. The van der Waals surface area contributed by atoms with Gasteiger partial charge >= 0.3 is 5.97 Å². The first kappa shape index (κ1) is 20.8. The highest BCUT2D eigenvalue weighted by Crippen LogP contribution is 2.17. The molecule has 0 heterocycles. The number of aryl methyl sites for hydroxylation is 1. The highest BCUT2D eigenvalue weighted by molar-refractivity contribution is 6.20. The van der Waals surface area contributed by atoms with Crippen LogP contribution in [0.1, 0.15) is 24.5 Å². The molecule has 0 radical (unpaired) electrons. The summed E-state index contributed by atoms with van der Waals surface area (Å²) in [7, 11) is 0. The summed E-state index contributed by atoms with van der Waals surface area (Å²) in [6.07, 6.45) is 2.64. The van der Waals surface area contributed by atoms with Gasteiger partial charge in [-0.1, -0.05) is 43.7 Å². The van der Waals surface area contributed by atoms with Crippen LogP contribution in [0.15, 0.2) is 48.5 Å². The van der Waals surface area contributed by atoms with E-state index in [1.54, 1.807) is 30.3 Å². The molecule has 4 N–H and O–H groups in total. The number of halogens is 1. The van der Waals surface area contributed by atoms with E-state index in [2.05, 4.69) is 6.92 Å². The molecule has 136 valence electrons. The number of carbonyl (C=O) groups is 1. The van der Waals surface area contributed by atoms with Crippen molar-refractivity contribution in [2.45, 2.75) is 31.7 Å². The number of aliphatic carboxylic acids is 1. The van der Waals surface area contributed by atoms with Crippen LogP contribution in [0.25, 0.3) is 0 Å². The summed E-state index contributed by atoms with van der Waals surface area (Å²) in [4.78, 5) is 10.2. The zero-order chi connectivity index (χ0) is 18.7. The molecule has 1 atom stereocenters. The largest absolute Gasteiger partial charge is 0.508 e. The van der Waals surface area contributed by atoms with Crippen LogP contribution in [0, 0.1) is 0 Å². The van der Waals surface area contributed by atoms with Crippen LogP contribution in [0.2, 0.25) is 0 Å². The molecule has 2 aromatic carbocycles. The van der Waals surface area contributed by atoms with Crippen molar-refractivity contribution in [3.63, 3.8) is 0 Å². The Morgan fingerprint density at radius 1 is 1.20 bits per heavy atom. The lowest BCUT2D eigenvalue weighted by atomic mass is 10.1. The summed E-state index contributed by atoms with van der Waals surface area (Å²) in [6, 6.07) is 14.5. The zero-order valence-corrected chi connectivity index (χ0v) is 14.9. The average Bonchev–Trinajstić information content (AvgIpc) is 2.57. The number of para-hydroxylation sites is 1. The maximum absolute atomic E-state index is 10.2. The summed E-state index contributed by atoms with van der Waals surface area (Å²) in [5, 5.41) is 17.6. The predicted octanol–water partition coefficient (Wildman–Crippen LogP) is 3.56. The van der Waals surface area contributed by atoms with E-state index >= 15 is 0 Å². The van der Waals surface area contributed by atoms with Crippen LogP contribution in [0.3, 0.4) is 0 Å². The van der Waals surface area contributed by atoms with Crippen molar-refractivity contribution in [1.82, 2.24) is 0 Å². The van der Waals surface area contributed by atoms with Gasteiger partial charge in [-0.3, -0.25) is 0 Å². The smallest absolute Gasteiger partial charge is 0.341 e. The van der Waals surface area contributed by atoms with Gasteiger partial charge in [0.1, 0.15) is 11.5 Å². The molecule has 0 saturated carbocycles. The molecule has 2 aromatic rings. The summed E-state index contributed by atoms with van der Waals surface area (Å²) < 4.78 is 5.00. The highest BCUT2D eigenvalue weighted by Gasteiger charge is 2.02. The number of hydrogen-bond donors (Lipinski definition) is 3. The number of alkyl halides is 1. The highest BCUT2D eigenvalue weighted by atomic mass is 35.5. The fourth-order valence-electron chi connectivity index (χ4n) is 2.08. The van der Waals surface area contributed by atoms with E-state index in [-0.39, 0.29) is 12.4 Å². The topological polar surface area (TPSA) is 92.8 Å². The van der Waals surface area contributed by atoms with Crippen molar-refractivity contribution in [1.29, 1.82) is 0 Å². The van der Waals surface area contributed by atoms with Crippen molar-refractivity contribution in [2.75, 3.05) is 6.61 Å². The summed E-state index contributed by atoms with van der Waals surface area (Å²) in [5.41, 5.74) is 6.95. The standard InChI is InChI=1S/C11H14O3.C8H10ClNO/c1-2-3-9-4-6-10(7-5-9)14-8-11(12)13;9-8(10)5-6-3-1-2-4-7(6)11/h4-7H,2-3,8H2,1H3,(H,12,13);1-4,8,11H,5,10H2. The minimum Gasteiger partial charge on any atom is -0.508 e. The van der Waals surface area contributed by atoms with Crippen molar-refractivity contribution in [3.05, 3.63) is 59.7 Å². The second-order valence-corrected chi connectivity index (χ2v) is 5.99. The lowest BCUT2D eigenvalue weighted by Crippen LogP contribution is -2.14. The van der Waals surface area contributed by atoms with Crippen LogP contribution < -0.4 is 10.5 Å². The number of rotatable bonds is 7. The van der Waals surface area contributed by atoms with Crippen molar-refractivity contribution in [3.8, 4) is 11.5 Å². The molecule has 0 aromatic heterocycles. The van der Waals surface area contributed by atoms with E-state index in [0.29, 0.717) is 12.2 Å². The van der Waals surface area contributed by atoms with Gasteiger partial charge in [0.2, 0.25) is 0 Å². The second-order valence-electron chi connectivity index (χ2n) is 5.43. The maximum Gasteiger partial charge on any atom is 0.341 e. The Bertz CT molecular complexity index is 644. The quantitative estimate of drug-likeness (QED) is 0.515. The van der Waals surface area contributed by atoms with E-state index in [4.69, 9.17) is 27.2 Å². The van der Waals surface area contributed by atoms with Gasteiger partial charge < -0.3 is 20.7 Å².